The average molecular weight is 277 g/mol. The number of fused-ring (bicyclic) bond motifs is 1. The number of rotatable bonds is 6. The fourth-order valence-corrected chi connectivity index (χ4v) is 1.76. The third kappa shape index (κ3) is 3.12. The largest absolute Gasteiger partial charge is 0.490 e. The van der Waals surface area contributed by atoms with E-state index in [0.29, 0.717) is 29.9 Å². The van der Waals surface area contributed by atoms with E-state index in [1.807, 2.05) is 0 Å². The van der Waals surface area contributed by atoms with Gasteiger partial charge >= 0.3 is 0 Å². The number of ether oxygens (including phenoxy) is 2. The molecule has 2 N–H and O–H groups in total. The van der Waals surface area contributed by atoms with Crippen molar-refractivity contribution in [2.75, 3.05) is 20.3 Å². The highest BCUT2D eigenvalue weighted by molar-refractivity contribution is 5.79. The molecule has 0 spiro atoms. The van der Waals surface area contributed by atoms with E-state index in [0.717, 1.165) is 0 Å². The van der Waals surface area contributed by atoms with E-state index >= 15 is 0 Å². The summed E-state index contributed by atoms with van der Waals surface area (Å²) >= 11 is 0. The van der Waals surface area contributed by atoms with Crippen molar-refractivity contribution >= 4 is 16.8 Å². The minimum atomic E-state index is -0.577. The molecule has 20 heavy (non-hydrogen) atoms. The van der Waals surface area contributed by atoms with E-state index in [1.54, 1.807) is 19.2 Å². The molecule has 0 saturated carbocycles. The van der Waals surface area contributed by atoms with Gasteiger partial charge in [-0.2, -0.15) is 0 Å². The minimum Gasteiger partial charge on any atom is -0.490 e. The Labute approximate surface area is 114 Å². The Bertz CT molecular complexity index is 681. The normalized spacial score (nSPS) is 10.7. The van der Waals surface area contributed by atoms with Crippen LogP contribution in [-0.2, 0) is 16.1 Å². The summed E-state index contributed by atoms with van der Waals surface area (Å²) in [5.74, 6) is -0.101. The van der Waals surface area contributed by atoms with Gasteiger partial charge in [0, 0.05) is 13.3 Å². The Kier molecular flexibility index (Phi) is 4.31. The van der Waals surface area contributed by atoms with Crippen LogP contribution in [0.2, 0.25) is 0 Å². The van der Waals surface area contributed by atoms with Crippen molar-refractivity contribution in [3.05, 3.63) is 34.9 Å². The summed E-state index contributed by atoms with van der Waals surface area (Å²) in [6.07, 6.45) is 3.03. The third-order valence-corrected chi connectivity index (χ3v) is 2.68. The zero-order chi connectivity index (χ0) is 14.5. The number of nitrogens with two attached hydrogens (primary N) is 1. The lowest BCUT2D eigenvalue weighted by Gasteiger charge is -2.07. The first kappa shape index (κ1) is 14.0. The summed E-state index contributed by atoms with van der Waals surface area (Å²) < 4.78 is 11.5. The van der Waals surface area contributed by atoms with Crippen LogP contribution >= 0.6 is 0 Å². The topological polar surface area (TPSA) is 96.4 Å². The Hall–Kier alpha value is -2.41. The molecule has 2 aromatic heterocycles. The van der Waals surface area contributed by atoms with Gasteiger partial charge in [0.1, 0.15) is 18.9 Å². The summed E-state index contributed by atoms with van der Waals surface area (Å²) in [7, 11) is 1.57. The molecule has 0 bridgehead atoms. The van der Waals surface area contributed by atoms with Crippen LogP contribution in [0, 0.1) is 0 Å². The summed E-state index contributed by atoms with van der Waals surface area (Å²) in [5.41, 5.74) is 5.30. The lowest BCUT2D eigenvalue weighted by atomic mass is 10.2. The Morgan fingerprint density at radius 1 is 1.45 bits per heavy atom. The molecule has 0 aromatic carbocycles. The van der Waals surface area contributed by atoms with Crippen LogP contribution in [0.25, 0.3) is 10.9 Å². The SMILES string of the molecule is COCCOc1cnc2ccn(CC(N)=O)c(=O)c2c1. The molecule has 0 aliphatic rings. The average Bonchev–Trinajstić information content (AvgIpc) is 2.42. The highest BCUT2D eigenvalue weighted by Gasteiger charge is 2.07. The molecule has 0 radical (unpaired) electrons. The predicted octanol–water partition coefficient (Wildman–Crippen LogP) is -0.0930. The van der Waals surface area contributed by atoms with Crippen molar-refractivity contribution < 1.29 is 14.3 Å². The molecule has 0 saturated heterocycles. The minimum absolute atomic E-state index is 0.163. The lowest BCUT2D eigenvalue weighted by Crippen LogP contribution is -2.27. The molecule has 1 amide bonds. The Balaban J connectivity index is 2.36. The molecule has 0 unspecified atom stereocenters. The zero-order valence-corrected chi connectivity index (χ0v) is 11.0. The molecule has 0 aliphatic heterocycles. The molecular weight excluding hydrogens is 262 g/mol. The number of methoxy groups -OCH3 is 1. The number of hydrogen-bond acceptors (Lipinski definition) is 5. The van der Waals surface area contributed by atoms with Gasteiger partial charge in [-0.15, -0.1) is 0 Å². The maximum absolute atomic E-state index is 12.2. The van der Waals surface area contributed by atoms with Gasteiger partial charge in [-0.1, -0.05) is 0 Å². The molecule has 7 nitrogen and oxygen atoms in total. The number of carbonyl (C=O) groups excluding carboxylic acids is 1. The summed E-state index contributed by atoms with van der Waals surface area (Å²) in [4.78, 5) is 27.2. The van der Waals surface area contributed by atoms with Gasteiger partial charge in [-0.05, 0) is 12.1 Å². The highest BCUT2D eigenvalue weighted by Crippen LogP contribution is 2.15. The first-order chi connectivity index (χ1) is 9.61. The fourth-order valence-electron chi connectivity index (χ4n) is 1.76. The number of carbonyl (C=O) groups is 1. The fraction of sp³-hybridized carbons (Fsp3) is 0.308. The molecule has 2 aromatic rings. The molecular formula is C13H15N3O4. The lowest BCUT2D eigenvalue weighted by molar-refractivity contribution is -0.118. The maximum atomic E-state index is 12.2. The van der Waals surface area contributed by atoms with Gasteiger partial charge in [0.05, 0.1) is 23.7 Å². The first-order valence-corrected chi connectivity index (χ1v) is 6.01. The van der Waals surface area contributed by atoms with Crippen LogP contribution in [-0.4, -0.2) is 35.8 Å². The van der Waals surface area contributed by atoms with Gasteiger partial charge < -0.3 is 19.8 Å². The van der Waals surface area contributed by atoms with E-state index in [4.69, 9.17) is 15.2 Å². The number of amides is 1. The predicted molar refractivity (Wildman–Crippen MR) is 72.6 cm³/mol. The van der Waals surface area contributed by atoms with E-state index in [1.165, 1.54) is 17.0 Å². The molecule has 0 aliphatic carbocycles. The van der Waals surface area contributed by atoms with E-state index in [9.17, 15) is 9.59 Å². The third-order valence-electron chi connectivity index (χ3n) is 2.68. The van der Waals surface area contributed by atoms with Gasteiger partial charge in [-0.25, -0.2) is 0 Å². The summed E-state index contributed by atoms with van der Waals surface area (Å²) in [5, 5.41) is 0.378. The van der Waals surface area contributed by atoms with Crippen molar-refractivity contribution in [3.8, 4) is 5.75 Å². The van der Waals surface area contributed by atoms with Crippen LogP contribution in [0.15, 0.2) is 29.3 Å². The van der Waals surface area contributed by atoms with Crippen LogP contribution < -0.4 is 16.0 Å². The van der Waals surface area contributed by atoms with Crippen molar-refractivity contribution in [1.29, 1.82) is 0 Å². The van der Waals surface area contributed by atoms with Crippen molar-refractivity contribution in [2.24, 2.45) is 5.73 Å². The van der Waals surface area contributed by atoms with Gasteiger partial charge in [0.15, 0.2) is 0 Å². The van der Waals surface area contributed by atoms with Crippen LogP contribution in [0.4, 0.5) is 0 Å². The number of nitrogens with zero attached hydrogens (tertiary/aromatic N) is 2. The quantitative estimate of drug-likeness (QED) is 0.744. The first-order valence-electron chi connectivity index (χ1n) is 6.01. The Morgan fingerprint density at radius 2 is 2.25 bits per heavy atom. The second-order valence-electron chi connectivity index (χ2n) is 4.16. The van der Waals surface area contributed by atoms with Crippen molar-refractivity contribution in [1.82, 2.24) is 9.55 Å². The highest BCUT2D eigenvalue weighted by atomic mass is 16.5. The summed E-state index contributed by atoms with van der Waals surface area (Å²) in [6, 6.07) is 3.25. The van der Waals surface area contributed by atoms with Crippen LogP contribution in [0.3, 0.4) is 0 Å². The number of pyridine rings is 2. The van der Waals surface area contributed by atoms with Gasteiger partial charge in [-0.3, -0.25) is 14.6 Å². The molecule has 2 heterocycles. The second kappa shape index (κ2) is 6.16. The van der Waals surface area contributed by atoms with Gasteiger partial charge in [0.2, 0.25) is 5.91 Å². The molecule has 7 heteroatoms. The number of aromatic nitrogens is 2. The van der Waals surface area contributed by atoms with Crippen molar-refractivity contribution in [3.63, 3.8) is 0 Å². The smallest absolute Gasteiger partial charge is 0.260 e. The number of hydrogen-bond donors (Lipinski definition) is 1. The van der Waals surface area contributed by atoms with Crippen LogP contribution in [0.1, 0.15) is 0 Å². The molecule has 2 rings (SSSR count). The maximum Gasteiger partial charge on any atom is 0.260 e. The Morgan fingerprint density at radius 3 is 2.95 bits per heavy atom. The van der Waals surface area contributed by atoms with Crippen LogP contribution in [0.5, 0.6) is 5.75 Å². The standard InChI is InChI=1S/C13H15N3O4/c1-19-4-5-20-9-6-10-11(15-7-9)2-3-16(13(10)18)8-12(14)17/h2-3,6-7H,4-5,8H2,1H3,(H2,14,17). The van der Waals surface area contributed by atoms with Gasteiger partial charge in [0.25, 0.3) is 5.56 Å². The van der Waals surface area contributed by atoms with E-state index < -0.39 is 5.91 Å². The van der Waals surface area contributed by atoms with Crippen molar-refractivity contribution in [2.45, 2.75) is 6.54 Å². The van der Waals surface area contributed by atoms with E-state index in [-0.39, 0.29) is 12.1 Å². The molecule has 0 atom stereocenters. The van der Waals surface area contributed by atoms with E-state index in [2.05, 4.69) is 4.98 Å². The molecule has 106 valence electrons. The zero-order valence-electron chi connectivity index (χ0n) is 11.0. The second-order valence-corrected chi connectivity index (χ2v) is 4.16. The monoisotopic (exact) mass is 277 g/mol. The molecule has 0 fully saturated rings. The number of primary amides is 1. The summed E-state index contributed by atoms with van der Waals surface area (Å²) in [6.45, 7) is 0.647.